The lowest BCUT2D eigenvalue weighted by molar-refractivity contribution is -0.143. The average molecular weight is 341 g/mol. The predicted molar refractivity (Wildman–Crippen MR) is 79.4 cm³/mol. The molecule has 0 spiro atoms. The van der Waals surface area contributed by atoms with Crippen LogP contribution in [0.3, 0.4) is 0 Å². The van der Waals surface area contributed by atoms with E-state index in [4.69, 9.17) is 4.74 Å². The first-order valence-electron chi connectivity index (χ1n) is 6.50. The maximum Gasteiger partial charge on any atom is 0.313 e. The van der Waals surface area contributed by atoms with Crippen LogP contribution in [0.25, 0.3) is 0 Å². The van der Waals surface area contributed by atoms with Crippen molar-refractivity contribution >= 4 is 33.4 Å². The van der Waals surface area contributed by atoms with Gasteiger partial charge >= 0.3 is 11.8 Å². The van der Waals surface area contributed by atoms with E-state index in [9.17, 15) is 9.59 Å². The first-order valence-corrected chi connectivity index (χ1v) is 7.29. The molecule has 0 unspecified atom stereocenters. The fourth-order valence-corrected chi connectivity index (χ4v) is 2.50. The highest BCUT2D eigenvalue weighted by Crippen LogP contribution is 2.16. The van der Waals surface area contributed by atoms with Crippen LogP contribution < -0.4 is 5.32 Å². The average Bonchev–Trinajstić information content (AvgIpc) is 2.90. The van der Waals surface area contributed by atoms with Gasteiger partial charge in [-0.2, -0.15) is 0 Å². The van der Waals surface area contributed by atoms with Crippen LogP contribution in [-0.4, -0.2) is 43.0 Å². The van der Waals surface area contributed by atoms with E-state index >= 15 is 0 Å². The van der Waals surface area contributed by atoms with Crippen LogP contribution in [0.5, 0.6) is 0 Å². The van der Waals surface area contributed by atoms with Gasteiger partial charge in [-0.15, -0.1) is 0 Å². The third kappa shape index (κ3) is 4.05. The molecule has 0 saturated carbocycles. The number of nitrogens with one attached hydrogen (secondary N) is 1. The molecule has 1 saturated heterocycles. The highest BCUT2D eigenvalue weighted by atomic mass is 79.9. The fourth-order valence-electron chi connectivity index (χ4n) is 2.10. The Hall–Kier alpha value is -1.40. The number of rotatable bonds is 3. The summed E-state index contributed by atoms with van der Waals surface area (Å²) >= 11 is 3.31. The largest absolute Gasteiger partial charge is 0.376 e. The molecular formula is C14H17BrN2O3. The Morgan fingerprint density at radius 2 is 2.30 bits per heavy atom. The second kappa shape index (κ2) is 6.85. The summed E-state index contributed by atoms with van der Waals surface area (Å²) in [6.45, 7) is 1.18. The number of nitrogens with zero attached hydrogens (tertiary/aromatic N) is 1. The molecule has 1 aromatic rings. The summed E-state index contributed by atoms with van der Waals surface area (Å²) in [5.74, 6) is -1.19. The van der Waals surface area contributed by atoms with E-state index < -0.39 is 11.8 Å². The molecule has 6 heteroatoms. The molecule has 1 aliphatic rings. The maximum atomic E-state index is 12.0. The van der Waals surface area contributed by atoms with Gasteiger partial charge in [0.2, 0.25) is 0 Å². The molecule has 1 fully saturated rings. The number of likely N-dealkylation sites (N-methyl/N-ethyl adjacent to an activating group) is 1. The molecule has 1 atom stereocenters. The Labute approximate surface area is 126 Å². The van der Waals surface area contributed by atoms with Crippen molar-refractivity contribution in [1.29, 1.82) is 0 Å². The van der Waals surface area contributed by atoms with Gasteiger partial charge in [0.25, 0.3) is 0 Å². The third-order valence-corrected chi connectivity index (χ3v) is 3.62. The Morgan fingerprint density at radius 1 is 1.50 bits per heavy atom. The summed E-state index contributed by atoms with van der Waals surface area (Å²) in [4.78, 5) is 25.3. The number of carbonyl (C=O) groups is 2. The van der Waals surface area contributed by atoms with Crippen LogP contribution in [0.2, 0.25) is 0 Å². The number of hydrogen-bond acceptors (Lipinski definition) is 3. The number of amides is 2. The van der Waals surface area contributed by atoms with Crippen LogP contribution in [0.4, 0.5) is 5.69 Å². The number of halogens is 1. The molecule has 5 nitrogen and oxygen atoms in total. The number of hydrogen-bond donors (Lipinski definition) is 1. The van der Waals surface area contributed by atoms with E-state index in [-0.39, 0.29) is 6.10 Å². The number of benzene rings is 1. The Balaban J connectivity index is 1.89. The molecule has 0 radical (unpaired) electrons. The van der Waals surface area contributed by atoms with E-state index in [0.717, 1.165) is 23.9 Å². The maximum absolute atomic E-state index is 12.0. The predicted octanol–water partition coefficient (Wildman–Crippen LogP) is 2.02. The molecule has 1 heterocycles. The highest BCUT2D eigenvalue weighted by Gasteiger charge is 2.24. The van der Waals surface area contributed by atoms with Crippen molar-refractivity contribution in [2.24, 2.45) is 0 Å². The second-order valence-corrected chi connectivity index (χ2v) is 5.70. The van der Waals surface area contributed by atoms with Gasteiger partial charge in [0.15, 0.2) is 0 Å². The van der Waals surface area contributed by atoms with Crippen molar-refractivity contribution in [1.82, 2.24) is 4.90 Å². The summed E-state index contributed by atoms with van der Waals surface area (Å²) in [5.41, 5.74) is 0.586. The van der Waals surface area contributed by atoms with E-state index in [1.54, 1.807) is 25.2 Å². The smallest absolute Gasteiger partial charge is 0.313 e. The fraction of sp³-hybridized carbons (Fsp3) is 0.429. The first-order chi connectivity index (χ1) is 9.56. The van der Waals surface area contributed by atoms with Crippen molar-refractivity contribution in [2.45, 2.75) is 18.9 Å². The Morgan fingerprint density at radius 3 is 2.95 bits per heavy atom. The van der Waals surface area contributed by atoms with Gasteiger partial charge in [0.05, 0.1) is 6.10 Å². The van der Waals surface area contributed by atoms with Gasteiger partial charge < -0.3 is 15.0 Å². The summed E-state index contributed by atoms with van der Waals surface area (Å²) in [7, 11) is 1.62. The van der Waals surface area contributed by atoms with Crippen LogP contribution in [-0.2, 0) is 14.3 Å². The number of ether oxygens (including phenoxy) is 1. The topological polar surface area (TPSA) is 58.6 Å². The summed E-state index contributed by atoms with van der Waals surface area (Å²) < 4.78 is 6.30. The summed E-state index contributed by atoms with van der Waals surface area (Å²) in [6.07, 6.45) is 1.99. The van der Waals surface area contributed by atoms with Crippen molar-refractivity contribution in [3.63, 3.8) is 0 Å². The molecule has 2 amide bonds. The standard InChI is InChI=1S/C14H17BrN2O3/c1-17(9-12-6-3-7-20-12)14(19)13(18)16-11-5-2-4-10(15)8-11/h2,4-5,8,12H,3,6-7,9H2,1H3,(H,16,18)/t12-/m1/s1. The van der Waals surface area contributed by atoms with Crippen molar-refractivity contribution in [2.75, 3.05) is 25.5 Å². The van der Waals surface area contributed by atoms with Gasteiger partial charge in [-0.05, 0) is 31.0 Å². The zero-order chi connectivity index (χ0) is 14.5. The van der Waals surface area contributed by atoms with Crippen LogP contribution in [0, 0.1) is 0 Å². The minimum Gasteiger partial charge on any atom is -0.376 e. The Kier molecular flexibility index (Phi) is 5.14. The van der Waals surface area contributed by atoms with Gasteiger partial charge in [-0.25, -0.2) is 0 Å². The van der Waals surface area contributed by atoms with Gasteiger partial charge in [0, 0.05) is 30.4 Å². The monoisotopic (exact) mass is 340 g/mol. The Bertz CT molecular complexity index is 501. The molecule has 20 heavy (non-hydrogen) atoms. The van der Waals surface area contributed by atoms with Crippen molar-refractivity contribution < 1.29 is 14.3 Å². The van der Waals surface area contributed by atoms with Gasteiger partial charge in [0.1, 0.15) is 0 Å². The molecule has 0 bridgehead atoms. The molecule has 1 aliphatic heterocycles. The number of carbonyl (C=O) groups excluding carboxylic acids is 2. The highest BCUT2D eigenvalue weighted by molar-refractivity contribution is 9.10. The van der Waals surface area contributed by atoms with Crippen LogP contribution in [0.1, 0.15) is 12.8 Å². The minimum absolute atomic E-state index is 0.0441. The quantitative estimate of drug-likeness (QED) is 0.856. The van der Waals surface area contributed by atoms with Gasteiger partial charge in [-0.3, -0.25) is 9.59 Å². The van der Waals surface area contributed by atoms with E-state index in [0.29, 0.717) is 12.2 Å². The molecule has 2 rings (SSSR count). The van der Waals surface area contributed by atoms with Crippen molar-refractivity contribution in [3.05, 3.63) is 28.7 Å². The van der Waals surface area contributed by atoms with Gasteiger partial charge in [-0.1, -0.05) is 22.0 Å². The lowest BCUT2D eigenvalue weighted by Crippen LogP contribution is -2.40. The minimum atomic E-state index is -0.636. The van der Waals surface area contributed by atoms with Crippen LogP contribution in [0.15, 0.2) is 28.7 Å². The number of anilines is 1. The summed E-state index contributed by atoms with van der Waals surface area (Å²) in [5, 5.41) is 2.59. The second-order valence-electron chi connectivity index (χ2n) is 4.79. The van der Waals surface area contributed by atoms with E-state index in [2.05, 4.69) is 21.2 Å². The molecule has 1 aromatic carbocycles. The molecular weight excluding hydrogens is 324 g/mol. The SMILES string of the molecule is CN(C[C@H]1CCCO1)C(=O)C(=O)Nc1cccc(Br)c1. The van der Waals surface area contributed by atoms with Crippen LogP contribution >= 0.6 is 15.9 Å². The molecule has 1 N–H and O–H groups in total. The lowest BCUT2D eigenvalue weighted by atomic mass is 10.2. The zero-order valence-electron chi connectivity index (χ0n) is 11.3. The van der Waals surface area contributed by atoms with Crippen molar-refractivity contribution in [3.8, 4) is 0 Å². The van der Waals surface area contributed by atoms with E-state index in [1.807, 2.05) is 6.07 Å². The lowest BCUT2D eigenvalue weighted by Gasteiger charge is -2.20. The molecule has 108 valence electrons. The summed E-state index contributed by atoms with van der Waals surface area (Å²) in [6, 6.07) is 7.11. The van der Waals surface area contributed by atoms with E-state index in [1.165, 1.54) is 4.90 Å². The molecule has 0 aromatic heterocycles. The third-order valence-electron chi connectivity index (χ3n) is 3.12. The zero-order valence-corrected chi connectivity index (χ0v) is 12.9. The molecule has 0 aliphatic carbocycles. The normalized spacial score (nSPS) is 17.8. The first kappa shape index (κ1) is 15.0.